The molecule has 5 heteroatoms. The SMILES string of the molecule is Cc1noc(-c2ccccc2CC=O)c1C(=O)N1CCC(c2ccccc2)C1. The van der Waals surface area contributed by atoms with Crippen molar-refractivity contribution in [1.29, 1.82) is 0 Å². The van der Waals surface area contributed by atoms with Crippen LogP contribution in [0.15, 0.2) is 59.1 Å². The average molecular weight is 374 g/mol. The number of aromatic nitrogens is 1. The Kier molecular flexibility index (Phi) is 5.06. The summed E-state index contributed by atoms with van der Waals surface area (Å²) in [5.41, 5.74) is 3.90. The van der Waals surface area contributed by atoms with Crippen molar-refractivity contribution < 1.29 is 14.1 Å². The number of amides is 1. The van der Waals surface area contributed by atoms with Crippen LogP contribution in [0.5, 0.6) is 0 Å². The van der Waals surface area contributed by atoms with Crippen molar-refractivity contribution in [1.82, 2.24) is 10.1 Å². The van der Waals surface area contributed by atoms with E-state index in [1.807, 2.05) is 47.4 Å². The number of aryl methyl sites for hydroxylation is 1. The molecule has 0 aliphatic carbocycles. The maximum atomic E-state index is 13.3. The fourth-order valence-corrected chi connectivity index (χ4v) is 3.92. The van der Waals surface area contributed by atoms with Gasteiger partial charge in [0.15, 0.2) is 5.76 Å². The molecule has 0 bridgehead atoms. The van der Waals surface area contributed by atoms with Crippen molar-refractivity contribution in [2.45, 2.75) is 25.7 Å². The van der Waals surface area contributed by atoms with Crippen molar-refractivity contribution >= 4 is 12.2 Å². The van der Waals surface area contributed by atoms with E-state index in [-0.39, 0.29) is 12.3 Å². The first-order valence-corrected chi connectivity index (χ1v) is 9.51. The highest BCUT2D eigenvalue weighted by molar-refractivity contribution is 6.01. The Morgan fingerprint density at radius 3 is 2.71 bits per heavy atom. The summed E-state index contributed by atoms with van der Waals surface area (Å²) in [4.78, 5) is 26.2. The minimum absolute atomic E-state index is 0.0620. The number of carbonyl (C=O) groups excluding carboxylic acids is 2. The highest BCUT2D eigenvalue weighted by Gasteiger charge is 2.32. The second kappa shape index (κ2) is 7.80. The van der Waals surface area contributed by atoms with E-state index in [4.69, 9.17) is 4.52 Å². The van der Waals surface area contributed by atoms with Gasteiger partial charge in [0.05, 0.1) is 5.69 Å². The first-order valence-electron chi connectivity index (χ1n) is 9.51. The normalized spacial score (nSPS) is 16.3. The standard InChI is InChI=1S/C23H22N2O3/c1-16-21(22(28-24-16)20-10-6-5-9-18(20)12-14-26)23(27)25-13-11-19(15-25)17-7-3-2-4-8-17/h2-10,14,19H,11-13,15H2,1H3. The van der Waals surface area contributed by atoms with Gasteiger partial charge in [-0.05, 0) is 24.5 Å². The van der Waals surface area contributed by atoms with Crippen molar-refractivity contribution in [3.63, 3.8) is 0 Å². The summed E-state index contributed by atoms with van der Waals surface area (Å²) in [6.45, 7) is 3.18. The lowest BCUT2D eigenvalue weighted by Crippen LogP contribution is -2.29. The molecule has 142 valence electrons. The summed E-state index contributed by atoms with van der Waals surface area (Å²) in [5, 5.41) is 4.05. The molecular formula is C23H22N2O3. The van der Waals surface area contributed by atoms with Gasteiger partial charge in [0, 0.05) is 31.0 Å². The van der Waals surface area contributed by atoms with Crippen LogP contribution < -0.4 is 0 Å². The van der Waals surface area contributed by atoms with Gasteiger partial charge in [0.1, 0.15) is 11.8 Å². The Bertz CT molecular complexity index is 994. The van der Waals surface area contributed by atoms with Gasteiger partial charge >= 0.3 is 0 Å². The van der Waals surface area contributed by atoms with E-state index in [0.717, 1.165) is 23.8 Å². The highest BCUT2D eigenvalue weighted by Crippen LogP contribution is 2.33. The monoisotopic (exact) mass is 374 g/mol. The molecule has 1 aliphatic rings. The van der Waals surface area contributed by atoms with Crippen LogP contribution >= 0.6 is 0 Å². The van der Waals surface area contributed by atoms with Gasteiger partial charge in [0.2, 0.25) is 0 Å². The number of nitrogens with zero attached hydrogens (tertiary/aromatic N) is 2. The van der Waals surface area contributed by atoms with Crippen molar-refractivity contribution in [2.24, 2.45) is 0 Å². The zero-order valence-corrected chi connectivity index (χ0v) is 15.8. The number of rotatable bonds is 5. The summed E-state index contributed by atoms with van der Waals surface area (Å²) in [7, 11) is 0. The molecule has 2 heterocycles. The molecule has 3 aromatic rings. The van der Waals surface area contributed by atoms with Gasteiger partial charge in [-0.2, -0.15) is 0 Å². The molecule has 1 fully saturated rings. The van der Waals surface area contributed by atoms with Crippen LogP contribution in [0.3, 0.4) is 0 Å². The molecule has 1 saturated heterocycles. The topological polar surface area (TPSA) is 63.4 Å². The number of likely N-dealkylation sites (tertiary alicyclic amines) is 1. The summed E-state index contributed by atoms with van der Waals surface area (Å²) in [5.74, 6) is 0.729. The van der Waals surface area contributed by atoms with Gasteiger partial charge in [0.25, 0.3) is 5.91 Å². The molecule has 1 aromatic heterocycles. The van der Waals surface area contributed by atoms with Crippen molar-refractivity contribution in [2.75, 3.05) is 13.1 Å². The average Bonchev–Trinajstić information content (AvgIpc) is 3.36. The zero-order valence-electron chi connectivity index (χ0n) is 15.8. The second-order valence-corrected chi connectivity index (χ2v) is 7.15. The minimum Gasteiger partial charge on any atom is -0.355 e. The molecule has 0 radical (unpaired) electrons. The van der Waals surface area contributed by atoms with Crippen LogP contribution in [0.1, 0.15) is 39.5 Å². The zero-order chi connectivity index (χ0) is 19.5. The quantitative estimate of drug-likeness (QED) is 0.633. The lowest BCUT2D eigenvalue weighted by Gasteiger charge is -2.17. The molecule has 5 nitrogen and oxygen atoms in total. The third kappa shape index (κ3) is 3.36. The van der Waals surface area contributed by atoms with E-state index in [9.17, 15) is 9.59 Å². The summed E-state index contributed by atoms with van der Waals surface area (Å²) < 4.78 is 5.55. The molecule has 28 heavy (non-hydrogen) atoms. The van der Waals surface area contributed by atoms with Crippen molar-refractivity contribution in [3.05, 3.63) is 77.0 Å². The lowest BCUT2D eigenvalue weighted by atomic mass is 9.98. The summed E-state index contributed by atoms with van der Waals surface area (Å²) >= 11 is 0. The Labute approximate surface area is 164 Å². The van der Waals surface area contributed by atoms with Crippen LogP contribution in [0, 0.1) is 6.92 Å². The van der Waals surface area contributed by atoms with E-state index in [1.165, 1.54) is 5.56 Å². The fourth-order valence-electron chi connectivity index (χ4n) is 3.92. The second-order valence-electron chi connectivity index (χ2n) is 7.15. The van der Waals surface area contributed by atoms with E-state index in [2.05, 4.69) is 17.3 Å². The summed E-state index contributed by atoms with van der Waals surface area (Å²) in [6.07, 6.45) is 2.06. The van der Waals surface area contributed by atoms with Crippen LogP contribution in [0.25, 0.3) is 11.3 Å². The third-order valence-corrected chi connectivity index (χ3v) is 5.39. The van der Waals surface area contributed by atoms with E-state index in [0.29, 0.717) is 36.0 Å². The van der Waals surface area contributed by atoms with Crippen molar-refractivity contribution in [3.8, 4) is 11.3 Å². The van der Waals surface area contributed by atoms with Gasteiger partial charge < -0.3 is 14.2 Å². The molecule has 0 spiro atoms. The first kappa shape index (κ1) is 18.2. The van der Waals surface area contributed by atoms with Gasteiger partial charge in [-0.1, -0.05) is 59.8 Å². The molecule has 0 N–H and O–H groups in total. The molecule has 1 unspecified atom stereocenters. The Hall–Kier alpha value is -3.21. The number of benzene rings is 2. The van der Waals surface area contributed by atoms with E-state index in [1.54, 1.807) is 6.92 Å². The number of carbonyl (C=O) groups is 2. The smallest absolute Gasteiger partial charge is 0.259 e. The van der Waals surface area contributed by atoms with Gasteiger partial charge in [-0.3, -0.25) is 4.79 Å². The van der Waals surface area contributed by atoms with Crippen LogP contribution in [0.4, 0.5) is 0 Å². The molecule has 4 rings (SSSR count). The number of hydrogen-bond donors (Lipinski definition) is 0. The molecular weight excluding hydrogens is 352 g/mol. The predicted molar refractivity (Wildman–Crippen MR) is 106 cm³/mol. The molecule has 0 saturated carbocycles. The lowest BCUT2D eigenvalue weighted by molar-refractivity contribution is -0.107. The maximum Gasteiger partial charge on any atom is 0.259 e. The van der Waals surface area contributed by atoms with E-state index < -0.39 is 0 Å². The maximum absolute atomic E-state index is 13.3. The molecule has 1 aliphatic heterocycles. The number of aldehydes is 1. The van der Waals surface area contributed by atoms with Crippen LogP contribution in [0.2, 0.25) is 0 Å². The van der Waals surface area contributed by atoms with Gasteiger partial charge in [-0.25, -0.2) is 0 Å². The fraction of sp³-hybridized carbons (Fsp3) is 0.261. The Morgan fingerprint density at radius 1 is 1.18 bits per heavy atom. The molecule has 1 atom stereocenters. The van der Waals surface area contributed by atoms with Crippen LogP contribution in [-0.4, -0.2) is 35.3 Å². The Morgan fingerprint density at radius 2 is 1.93 bits per heavy atom. The Balaban J connectivity index is 1.63. The minimum atomic E-state index is -0.0620. The summed E-state index contributed by atoms with van der Waals surface area (Å²) in [6, 6.07) is 17.8. The predicted octanol–water partition coefficient (Wildman–Crippen LogP) is 4.02. The first-order chi connectivity index (χ1) is 13.7. The van der Waals surface area contributed by atoms with Crippen LogP contribution in [-0.2, 0) is 11.2 Å². The third-order valence-electron chi connectivity index (χ3n) is 5.39. The highest BCUT2D eigenvalue weighted by atomic mass is 16.5. The largest absolute Gasteiger partial charge is 0.355 e. The van der Waals surface area contributed by atoms with Gasteiger partial charge in [-0.15, -0.1) is 0 Å². The molecule has 1 amide bonds. The number of hydrogen-bond acceptors (Lipinski definition) is 4. The van der Waals surface area contributed by atoms with E-state index >= 15 is 0 Å². The molecule has 2 aromatic carbocycles.